The maximum absolute atomic E-state index is 6.03. The molecule has 0 saturated heterocycles. The first-order chi connectivity index (χ1) is 11.2. The van der Waals surface area contributed by atoms with Crippen LogP contribution in [0.5, 0.6) is 5.75 Å². The van der Waals surface area contributed by atoms with Crippen LogP contribution in [-0.2, 0) is 6.61 Å². The van der Waals surface area contributed by atoms with Crippen LogP contribution in [-0.4, -0.2) is 10.1 Å². The molecular weight excluding hydrogens is 335 g/mol. The largest absolute Gasteiger partial charge is 0.484 e. The minimum absolute atomic E-state index is 0.157. The Bertz CT molecular complexity index is 816. The van der Waals surface area contributed by atoms with Crippen molar-refractivity contribution in [2.45, 2.75) is 6.61 Å². The smallest absolute Gasteiger partial charge is 0.250 e. The van der Waals surface area contributed by atoms with Crippen LogP contribution >= 0.6 is 23.2 Å². The molecule has 3 rings (SSSR count). The van der Waals surface area contributed by atoms with Crippen molar-refractivity contribution in [1.82, 2.24) is 10.1 Å². The topological polar surface area (TPSA) is 48.2 Å². The highest BCUT2D eigenvalue weighted by molar-refractivity contribution is 6.35. The van der Waals surface area contributed by atoms with Crippen LogP contribution in [0.15, 0.2) is 53.1 Å². The van der Waals surface area contributed by atoms with E-state index in [9.17, 15) is 0 Å². The van der Waals surface area contributed by atoms with Crippen LogP contribution in [0.3, 0.4) is 0 Å². The Labute approximate surface area is 143 Å². The van der Waals surface area contributed by atoms with E-state index in [0.29, 0.717) is 27.5 Å². The fourth-order valence-corrected chi connectivity index (χ4v) is 2.32. The normalized spacial score (nSPS) is 11.0. The van der Waals surface area contributed by atoms with Gasteiger partial charge in [-0.1, -0.05) is 58.7 Å². The summed E-state index contributed by atoms with van der Waals surface area (Å²) >= 11 is 11.9. The summed E-state index contributed by atoms with van der Waals surface area (Å²) in [7, 11) is 0. The fourth-order valence-electron chi connectivity index (χ4n) is 1.86. The third-order valence-electron chi connectivity index (χ3n) is 2.95. The van der Waals surface area contributed by atoms with E-state index >= 15 is 0 Å². The van der Waals surface area contributed by atoms with Crippen molar-refractivity contribution in [2.75, 3.05) is 0 Å². The molecule has 0 bridgehead atoms. The van der Waals surface area contributed by atoms with E-state index in [0.717, 1.165) is 5.56 Å². The van der Waals surface area contributed by atoms with Crippen molar-refractivity contribution in [2.24, 2.45) is 0 Å². The first-order valence-corrected chi connectivity index (χ1v) is 7.60. The number of hydrogen-bond donors (Lipinski definition) is 0. The molecule has 0 unspecified atom stereocenters. The molecule has 0 spiro atoms. The Hall–Kier alpha value is -2.30. The zero-order valence-electron chi connectivity index (χ0n) is 11.9. The van der Waals surface area contributed by atoms with Gasteiger partial charge in [0, 0.05) is 11.1 Å². The standard InChI is InChI=1S/C17H12Cl2N2O2/c18-13-7-8-15(14(19)10-13)22-11-16-20-17(23-21-16)9-6-12-4-2-1-3-5-12/h1-10H,11H2/b9-6+. The van der Waals surface area contributed by atoms with Crippen molar-refractivity contribution in [1.29, 1.82) is 0 Å². The van der Waals surface area contributed by atoms with Gasteiger partial charge in [0.15, 0.2) is 6.61 Å². The molecule has 6 heteroatoms. The minimum atomic E-state index is 0.157. The van der Waals surface area contributed by atoms with Crippen LogP contribution in [0.25, 0.3) is 12.2 Å². The summed E-state index contributed by atoms with van der Waals surface area (Å²) in [5.74, 6) is 1.36. The summed E-state index contributed by atoms with van der Waals surface area (Å²) in [5, 5.41) is 4.85. The van der Waals surface area contributed by atoms with Gasteiger partial charge in [-0.05, 0) is 29.8 Å². The molecule has 0 aliphatic carbocycles. The molecule has 0 fully saturated rings. The molecule has 0 atom stereocenters. The molecule has 116 valence electrons. The Morgan fingerprint density at radius 1 is 1.04 bits per heavy atom. The summed E-state index contributed by atoms with van der Waals surface area (Å²) in [6.07, 6.45) is 3.65. The van der Waals surface area contributed by atoms with Gasteiger partial charge in [-0.15, -0.1) is 0 Å². The average molecular weight is 347 g/mol. The van der Waals surface area contributed by atoms with Gasteiger partial charge in [0.25, 0.3) is 5.89 Å². The van der Waals surface area contributed by atoms with E-state index in [2.05, 4.69) is 10.1 Å². The number of hydrogen-bond acceptors (Lipinski definition) is 4. The average Bonchev–Trinajstić information content (AvgIpc) is 3.01. The second-order valence-corrected chi connectivity index (χ2v) is 5.50. The summed E-state index contributed by atoms with van der Waals surface area (Å²) in [4.78, 5) is 4.23. The van der Waals surface area contributed by atoms with Crippen molar-refractivity contribution in [3.63, 3.8) is 0 Å². The summed E-state index contributed by atoms with van der Waals surface area (Å²) in [5.41, 5.74) is 1.05. The Morgan fingerprint density at radius 3 is 2.65 bits per heavy atom. The molecule has 0 radical (unpaired) electrons. The maximum Gasteiger partial charge on any atom is 0.250 e. The van der Waals surface area contributed by atoms with E-state index in [1.807, 2.05) is 36.4 Å². The molecule has 0 N–H and O–H groups in total. The van der Waals surface area contributed by atoms with E-state index in [4.69, 9.17) is 32.5 Å². The molecule has 1 heterocycles. The van der Waals surface area contributed by atoms with Gasteiger partial charge in [0.05, 0.1) is 5.02 Å². The van der Waals surface area contributed by atoms with Crippen LogP contribution in [0.4, 0.5) is 0 Å². The lowest BCUT2D eigenvalue weighted by Crippen LogP contribution is -1.98. The zero-order chi connectivity index (χ0) is 16.1. The highest BCUT2D eigenvalue weighted by Gasteiger charge is 2.07. The van der Waals surface area contributed by atoms with Gasteiger partial charge in [-0.2, -0.15) is 4.98 Å². The highest BCUT2D eigenvalue weighted by atomic mass is 35.5. The second kappa shape index (κ2) is 7.31. The lowest BCUT2D eigenvalue weighted by molar-refractivity contribution is 0.286. The molecule has 2 aromatic carbocycles. The molecule has 3 aromatic rings. The molecule has 0 aliphatic rings. The fraction of sp³-hybridized carbons (Fsp3) is 0.0588. The predicted octanol–water partition coefficient (Wildman–Crippen LogP) is 5.13. The molecule has 23 heavy (non-hydrogen) atoms. The third kappa shape index (κ3) is 4.34. The number of nitrogens with zero attached hydrogens (tertiary/aromatic N) is 2. The molecule has 1 aromatic heterocycles. The van der Waals surface area contributed by atoms with Crippen LogP contribution in [0, 0.1) is 0 Å². The van der Waals surface area contributed by atoms with E-state index in [-0.39, 0.29) is 6.61 Å². The summed E-state index contributed by atoms with van der Waals surface area (Å²) in [6.45, 7) is 0.157. The molecule has 4 nitrogen and oxygen atoms in total. The number of rotatable bonds is 5. The predicted molar refractivity (Wildman–Crippen MR) is 90.5 cm³/mol. The summed E-state index contributed by atoms with van der Waals surface area (Å²) < 4.78 is 10.7. The monoisotopic (exact) mass is 346 g/mol. The third-order valence-corrected chi connectivity index (χ3v) is 3.48. The first kappa shape index (κ1) is 15.6. The summed E-state index contributed by atoms with van der Waals surface area (Å²) in [6, 6.07) is 14.9. The van der Waals surface area contributed by atoms with Crippen molar-refractivity contribution < 1.29 is 9.26 Å². The quantitative estimate of drug-likeness (QED) is 0.642. The molecule has 0 saturated carbocycles. The number of ether oxygens (including phenoxy) is 1. The minimum Gasteiger partial charge on any atom is -0.484 e. The van der Waals surface area contributed by atoms with Crippen LogP contribution < -0.4 is 4.74 Å². The van der Waals surface area contributed by atoms with Gasteiger partial charge in [0.1, 0.15) is 5.75 Å². The lowest BCUT2D eigenvalue weighted by atomic mass is 10.2. The van der Waals surface area contributed by atoms with Crippen molar-refractivity contribution >= 4 is 35.4 Å². The molecular formula is C17H12Cl2N2O2. The Morgan fingerprint density at radius 2 is 1.87 bits per heavy atom. The highest BCUT2D eigenvalue weighted by Crippen LogP contribution is 2.27. The van der Waals surface area contributed by atoms with Crippen LogP contribution in [0.1, 0.15) is 17.3 Å². The van der Waals surface area contributed by atoms with E-state index < -0.39 is 0 Å². The van der Waals surface area contributed by atoms with Gasteiger partial charge in [-0.25, -0.2) is 0 Å². The second-order valence-electron chi connectivity index (χ2n) is 4.66. The first-order valence-electron chi connectivity index (χ1n) is 6.84. The van der Waals surface area contributed by atoms with Crippen molar-refractivity contribution in [3.05, 3.63) is 75.9 Å². The SMILES string of the molecule is Clc1ccc(OCc2noc(/C=C/c3ccccc3)n2)c(Cl)c1. The molecule has 0 aliphatic heterocycles. The van der Waals surface area contributed by atoms with Gasteiger partial charge >= 0.3 is 0 Å². The van der Waals surface area contributed by atoms with Gasteiger partial charge in [-0.3, -0.25) is 0 Å². The Kier molecular flexibility index (Phi) is 4.95. The maximum atomic E-state index is 6.03. The molecule has 0 amide bonds. The van der Waals surface area contributed by atoms with Gasteiger partial charge in [0.2, 0.25) is 5.82 Å². The van der Waals surface area contributed by atoms with E-state index in [1.165, 1.54) is 0 Å². The Balaban J connectivity index is 1.62. The van der Waals surface area contributed by atoms with Gasteiger partial charge < -0.3 is 9.26 Å². The number of benzene rings is 2. The number of aromatic nitrogens is 2. The van der Waals surface area contributed by atoms with E-state index in [1.54, 1.807) is 24.3 Å². The number of halogens is 2. The van der Waals surface area contributed by atoms with Crippen molar-refractivity contribution in [3.8, 4) is 5.75 Å². The zero-order valence-corrected chi connectivity index (χ0v) is 13.5. The van der Waals surface area contributed by atoms with Crippen LogP contribution in [0.2, 0.25) is 10.0 Å². The lowest BCUT2D eigenvalue weighted by Gasteiger charge is -2.05.